The topological polar surface area (TPSA) is 84.6 Å². The highest BCUT2D eigenvalue weighted by atomic mass is 16.5. The third kappa shape index (κ3) is 2.43. The number of aliphatic imine (C=N–C) groups is 1. The van der Waals surface area contributed by atoms with Crippen LogP contribution in [-0.4, -0.2) is 22.7 Å². The number of fused-ring (bicyclic) bond motifs is 1. The Labute approximate surface area is 127 Å². The fourth-order valence-electron chi connectivity index (χ4n) is 2.67. The Bertz CT molecular complexity index is 752. The van der Waals surface area contributed by atoms with Gasteiger partial charge in [0.2, 0.25) is 5.76 Å². The number of hydrogen-bond acceptors (Lipinski definition) is 4. The monoisotopic (exact) mass is 297 g/mol. The van der Waals surface area contributed by atoms with Gasteiger partial charge in [0, 0.05) is 23.3 Å². The van der Waals surface area contributed by atoms with Crippen LogP contribution in [0, 0.1) is 5.92 Å². The minimum absolute atomic E-state index is 0.0342. The molecule has 0 bridgehead atoms. The van der Waals surface area contributed by atoms with E-state index in [1.165, 1.54) is 12.3 Å². The molecule has 2 heterocycles. The zero-order chi connectivity index (χ0) is 15.7. The van der Waals surface area contributed by atoms with Gasteiger partial charge >= 0.3 is 5.91 Å². The van der Waals surface area contributed by atoms with Crippen LogP contribution < -0.4 is 5.32 Å². The van der Waals surface area contributed by atoms with Gasteiger partial charge in [-0.3, -0.25) is 9.59 Å². The average molecular weight is 297 g/mol. The van der Waals surface area contributed by atoms with Crippen molar-refractivity contribution in [2.45, 2.75) is 20.3 Å². The molecule has 1 atom stereocenters. The number of rotatable bonds is 2. The fourth-order valence-corrected chi connectivity index (χ4v) is 2.67. The predicted octanol–water partition coefficient (Wildman–Crippen LogP) is 2.18. The maximum atomic E-state index is 12.0. The van der Waals surface area contributed by atoms with E-state index in [1.54, 1.807) is 12.2 Å². The second-order valence-corrected chi connectivity index (χ2v) is 5.12. The van der Waals surface area contributed by atoms with E-state index in [2.05, 4.69) is 15.5 Å². The molecule has 0 saturated carbocycles. The Morgan fingerprint density at radius 2 is 2.32 bits per heavy atom. The summed E-state index contributed by atoms with van der Waals surface area (Å²) in [4.78, 5) is 27.9. The van der Waals surface area contributed by atoms with E-state index in [9.17, 15) is 9.59 Å². The van der Waals surface area contributed by atoms with E-state index in [4.69, 9.17) is 4.52 Å². The first-order valence-corrected chi connectivity index (χ1v) is 7.04. The second kappa shape index (κ2) is 5.55. The molecule has 112 valence electrons. The minimum atomic E-state index is -0.504. The van der Waals surface area contributed by atoms with Crippen molar-refractivity contribution in [1.29, 1.82) is 0 Å². The molecule has 3 rings (SSSR count). The number of hydrogen-bond donors (Lipinski definition) is 1. The minimum Gasteiger partial charge on any atom is -0.351 e. The van der Waals surface area contributed by atoms with Crippen LogP contribution in [0.4, 0.5) is 0 Å². The molecule has 1 aromatic rings. The third-order valence-corrected chi connectivity index (χ3v) is 3.81. The summed E-state index contributed by atoms with van der Waals surface area (Å²) < 4.78 is 4.78. The number of nitrogens with one attached hydrogen (secondary N) is 1. The smallest absolute Gasteiger partial charge is 0.316 e. The zero-order valence-corrected chi connectivity index (χ0v) is 12.3. The number of carbonyl (C=O) groups is 2. The molecular weight excluding hydrogens is 282 g/mol. The lowest BCUT2D eigenvalue weighted by Crippen LogP contribution is -2.36. The van der Waals surface area contributed by atoms with E-state index >= 15 is 0 Å². The normalized spacial score (nSPS) is 22.5. The molecular formula is C16H15N3O3. The number of amides is 2. The van der Waals surface area contributed by atoms with Crippen molar-refractivity contribution in [3.63, 3.8) is 0 Å². The predicted molar refractivity (Wildman–Crippen MR) is 80.1 cm³/mol. The summed E-state index contributed by atoms with van der Waals surface area (Å²) in [5.74, 6) is -0.472. The van der Waals surface area contributed by atoms with Gasteiger partial charge in [-0.1, -0.05) is 23.7 Å². The lowest BCUT2D eigenvalue weighted by atomic mass is 9.84. The first-order valence-electron chi connectivity index (χ1n) is 7.04. The summed E-state index contributed by atoms with van der Waals surface area (Å²) in [6.45, 7) is 3.92. The van der Waals surface area contributed by atoms with Gasteiger partial charge in [0.1, 0.15) is 0 Å². The van der Waals surface area contributed by atoms with Crippen LogP contribution in [0.1, 0.15) is 30.8 Å². The van der Waals surface area contributed by atoms with Crippen molar-refractivity contribution >= 4 is 17.5 Å². The molecule has 1 aromatic heterocycles. The maximum absolute atomic E-state index is 12.0. The van der Waals surface area contributed by atoms with Gasteiger partial charge in [-0.2, -0.15) is 0 Å². The number of aromatic nitrogens is 1. The molecule has 6 nitrogen and oxygen atoms in total. The average Bonchev–Trinajstić information content (AvgIpc) is 3.01. The van der Waals surface area contributed by atoms with Gasteiger partial charge in [-0.05, 0) is 25.5 Å². The summed E-state index contributed by atoms with van der Waals surface area (Å²) in [5, 5.41) is 6.35. The van der Waals surface area contributed by atoms with Crippen molar-refractivity contribution in [2.75, 3.05) is 0 Å². The molecule has 22 heavy (non-hydrogen) atoms. The lowest BCUT2D eigenvalue weighted by molar-refractivity contribution is -0.117. The van der Waals surface area contributed by atoms with Gasteiger partial charge in [0.15, 0.2) is 0 Å². The third-order valence-electron chi connectivity index (χ3n) is 3.81. The van der Waals surface area contributed by atoms with Crippen molar-refractivity contribution in [1.82, 2.24) is 10.5 Å². The standard InChI is InChI=1S/C16H15N3O3/c1-3-11-9(2)12-5-4-10(8-13(12)19-15(11)20)18-16(21)14-6-7-17-22-14/h4-8,12H,3H2,1-2H3,(H,19,20). The van der Waals surface area contributed by atoms with Crippen LogP contribution >= 0.6 is 0 Å². The van der Waals surface area contributed by atoms with Crippen LogP contribution in [0.5, 0.6) is 0 Å². The molecule has 2 amide bonds. The molecule has 0 spiro atoms. The Morgan fingerprint density at radius 1 is 1.50 bits per heavy atom. The Hall–Kier alpha value is -2.76. The van der Waals surface area contributed by atoms with Gasteiger partial charge in [0.25, 0.3) is 5.91 Å². The second-order valence-electron chi connectivity index (χ2n) is 5.12. The quantitative estimate of drug-likeness (QED) is 0.906. The van der Waals surface area contributed by atoms with Gasteiger partial charge in [-0.25, -0.2) is 4.99 Å². The van der Waals surface area contributed by atoms with Gasteiger partial charge in [0.05, 0.1) is 11.9 Å². The molecule has 0 saturated heterocycles. The van der Waals surface area contributed by atoms with Crippen molar-refractivity contribution in [3.05, 3.63) is 53.1 Å². The van der Waals surface area contributed by atoms with E-state index in [0.29, 0.717) is 12.1 Å². The van der Waals surface area contributed by atoms with Gasteiger partial charge < -0.3 is 9.84 Å². The maximum Gasteiger partial charge on any atom is 0.316 e. The van der Waals surface area contributed by atoms with E-state index in [0.717, 1.165) is 16.8 Å². The Balaban J connectivity index is 1.90. The summed E-state index contributed by atoms with van der Waals surface area (Å²) in [7, 11) is 0. The largest absolute Gasteiger partial charge is 0.351 e. The molecule has 1 aliphatic carbocycles. The Kier molecular flexibility index (Phi) is 3.58. The highest BCUT2D eigenvalue weighted by Gasteiger charge is 2.28. The van der Waals surface area contributed by atoms with Crippen LogP contribution in [0.25, 0.3) is 0 Å². The molecule has 0 radical (unpaired) electrons. The molecule has 1 aliphatic heterocycles. The van der Waals surface area contributed by atoms with Crippen molar-refractivity contribution in [2.24, 2.45) is 10.9 Å². The number of allylic oxidation sites excluding steroid dienone is 3. The van der Waals surface area contributed by atoms with Crippen LogP contribution in [0.3, 0.4) is 0 Å². The van der Waals surface area contributed by atoms with E-state index in [-0.39, 0.29) is 17.6 Å². The van der Waals surface area contributed by atoms with Crippen molar-refractivity contribution < 1.29 is 14.1 Å². The molecule has 2 aliphatic rings. The first-order chi connectivity index (χ1) is 10.6. The van der Waals surface area contributed by atoms with Crippen molar-refractivity contribution in [3.8, 4) is 0 Å². The first kappa shape index (κ1) is 14.2. The summed E-state index contributed by atoms with van der Waals surface area (Å²) in [6.07, 6.45) is 7.51. The summed E-state index contributed by atoms with van der Waals surface area (Å²) in [5.41, 5.74) is 3.06. The fraction of sp³-hybridized carbons (Fsp3) is 0.250. The highest BCUT2D eigenvalue weighted by molar-refractivity contribution is 6.13. The summed E-state index contributed by atoms with van der Waals surface area (Å²) >= 11 is 0. The molecule has 1 unspecified atom stereocenters. The molecule has 0 aromatic carbocycles. The lowest BCUT2D eigenvalue weighted by Gasteiger charge is -2.29. The zero-order valence-electron chi connectivity index (χ0n) is 12.3. The number of nitrogens with zero attached hydrogens (tertiary/aromatic N) is 2. The van der Waals surface area contributed by atoms with E-state index in [1.807, 2.05) is 19.9 Å². The van der Waals surface area contributed by atoms with Gasteiger partial charge in [-0.15, -0.1) is 0 Å². The number of carbonyl (C=O) groups excluding carboxylic acids is 2. The molecule has 6 heteroatoms. The van der Waals surface area contributed by atoms with Crippen LogP contribution in [-0.2, 0) is 4.79 Å². The van der Waals surface area contributed by atoms with Crippen LogP contribution in [0.2, 0.25) is 0 Å². The molecule has 0 fully saturated rings. The highest BCUT2D eigenvalue weighted by Crippen LogP contribution is 2.31. The summed E-state index contributed by atoms with van der Waals surface area (Å²) in [6, 6.07) is 1.46. The Morgan fingerprint density at radius 3 is 3.00 bits per heavy atom. The molecule has 1 N–H and O–H groups in total. The SMILES string of the molecule is CCC1=C(C)C2C=CC(=NC(=O)c3ccno3)C=C2NC1=O. The van der Waals surface area contributed by atoms with E-state index < -0.39 is 5.91 Å². The van der Waals surface area contributed by atoms with Crippen LogP contribution in [0.15, 0.2) is 56.9 Å².